The molecule has 0 saturated carbocycles. The molecule has 92 valence electrons. The third-order valence-corrected chi connectivity index (χ3v) is 4.42. The lowest BCUT2D eigenvalue weighted by molar-refractivity contribution is 0.101. The molecule has 0 fully saturated rings. The number of hydrogen-bond donors (Lipinski definition) is 1. The normalized spacial score (nSPS) is 11.4. The Balaban J connectivity index is 3.71. The first-order valence-electron chi connectivity index (χ1n) is 5.10. The topological polar surface area (TPSA) is 66.7 Å². The molecule has 0 unspecified atom stereocenters. The molecule has 0 amide bonds. The van der Waals surface area contributed by atoms with Crippen LogP contribution in [0.4, 0.5) is 10.1 Å². The van der Waals surface area contributed by atoms with E-state index in [1.165, 1.54) is 6.92 Å². The Morgan fingerprint density at radius 3 is 2.29 bits per heavy atom. The minimum Gasteiger partial charge on any atom is -0.505 e. The van der Waals surface area contributed by atoms with Crippen LogP contribution in [0.15, 0.2) is 11.2 Å². The minimum atomic E-state index is -2.17. The van der Waals surface area contributed by atoms with Gasteiger partial charge in [-0.15, -0.1) is 4.91 Å². The summed E-state index contributed by atoms with van der Waals surface area (Å²) in [7, 11) is -2.17. The number of aromatic hydroxyl groups is 1. The number of Topliss-reactive ketones (excluding diaryl/α,β-unsaturated/α-hetero) is 1. The molecular formula is C11H14FNO3Si. The molecule has 0 spiro atoms. The van der Waals surface area contributed by atoms with Crippen molar-refractivity contribution in [3.63, 3.8) is 0 Å². The zero-order valence-electron chi connectivity index (χ0n) is 10.2. The second kappa shape index (κ2) is 4.36. The first-order valence-corrected chi connectivity index (χ1v) is 8.60. The van der Waals surface area contributed by atoms with Gasteiger partial charge in [0.2, 0.25) is 0 Å². The fraction of sp³-hybridized carbons (Fsp3) is 0.364. The summed E-state index contributed by atoms with van der Waals surface area (Å²) in [5.41, 5.74) is -0.548. The average molecular weight is 255 g/mol. The molecule has 0 heterocycles. The number of ketones is 1. The van der Waals surface area contributed by atoms with Crippen molar-refractivity contribution in [2.75, 3.05) is 0 Å². The van der Waals surface area contributed by atoms with Crippen molar-refractivity contribution in [1.82, 2.24) is 0 Å². The molecule has 4 nitrogen and oxygen atoms in total. The van der Waals surface area contributed by atoms with E-state index in [0.29, 0.717) is 0 Å². The van der Waals surface area contributed by atoms with Gasteiger partial charge in [-0.25, -0.2) is 4.39 Å². The Hall–Kier alpha value is -1.56. The Morgan fingerprint density at radius 2 is 1.94 bits per heavy atom. The molecule has 1 rings (SSSR count). The van der Waals surface area contributed by atoms with Gasteiger partial charge in [0.1, 0.15) is 5.82 Å². The predicted octanol–water partition coefficient (Wildman–Crippen LogP) is 2.68. The predicted molar refractivity (Wildman–Crippen MR) is 66.5 cm³/mol. The number of hydrogen-bond acceptors (Lipinski definition) is 4. The lowest BCUT2D eigenvalue weighted by atomic mass is 10.1. The number of rotatable bonds is 3. The molecule has 0 aromatic heterocycles. The Bertz CT molecular complexity index is 494. The molecule has 17 heavy (non-hydrogen) atoms. The highest BCUT2D eigenvalue weighted by molar-refractivity contribution is 6.89. The number of carbonyl (C=O) groups excluding carboxylic acids is 1. The fourth-order valence-corrected chi connectivity index (χ4v) is 3.36. The Kier molecular flexibility index (Phi) is 3.47. The molecule has 0 bridgehead atoms. The van der Waals surface area contributed by atoms with Crippen LogP contribution < -0.4 is 5.19 Å². The fourth-order valence-electron chi connectivity index (χ4n) is 1.70. The highest BCUT2D eigenvalue weighted by atomic mass is 28.3. The first-order chi connectivity index (χ1) is 7.70. The highest BCUT2D eigenvalue weighted by Crippen LogP contribution is 2.32. The van der Waals surface area contributed by atoms with Gasteiger partial charge < -0.3 is 5.11 Å². The number of halogens is 1. The van der Waals surface area contributed by atoms with Crippen molar-refractivity contribution < 1.29 is 14.3 Å². The van der Waals surface area contributed by atoms with Gasteiger partial charge in [0, 0.05) is 5.19 Å². The van der Waals surface area contributed by atoms with Gasteiger partial charge in [-0.05, 0) is 18.2 Å². The maximum absolute atomic E-state index is 13.9. The molecular weight excluding hydrogens is 241 g/mol. The molecule has 0 aliphatic heterocycles. The van der Waals surface area contributed by atoms with Crippen LogP contribution in [-0.4, -0.2) is 19.0 Å². The smallest absolute Gasteiger partial charge is 0.163 e. The van der Waals surface area contributed by atoms with Crippen LogP contribution in [0.1, 0.15) is 17.3 Å². The van der Waals surface area contributed by atoms with Crippen molar-refractivity contribution in [3.05, 3.63) is 22.4 Å². The summed E-state index contributed by atoms with van der Waals surface area (Å²) in [6, 6.07) is 0.972. The van der Waals surface area contributed by atoms with Gasteiger partial charge in [-0.2, -0.15) is 0 Å². The van der Waals surface area contributed by atoms with E-state index in [1.807, 2.05) is 19.6 Å². The maximum Gasteiger partial charge on any atom is 0.163 e. The second-order valence-corrected chi connectivity index (χ2v) is 9.88. The molecule has 0 aliphatic rings. The largest absolute Gasteiger partial charge is 0.505 e. The monoisotopic (exact) mass is 255 g/mol. The Morgan fingerprint density at radius 1 is 1.41 bits per heavy atom. The molecule has 0 radical (unpaired) electrons. The van der Waals surface area contributed by atoms with E-state index < -0.39 is 25.4 Å². The van der Waals surface area contributed by atoms with E-state index in [9.17, 15) is 19.2 Å². The van der Waals surface area contributed by atoms with Crippen LogP contribution in [0.5, 0.6) is 5.75 Å². The average Bonchev–Trinajstić information content (AvgIpc) is 2.17. The van der Waals surface area contributed by atoms with Gasteiger partial charge in [-0.3, -0.25) is 4.79 Å². The number of phenolic OH excluding ortho intramolecular Hbond substituents is 1. The summed E-state index contributed by atoms with van der Waals surface area (Å²) in [4.78, 5) is 21.9. The standard InChI is InChI=1S/C11H14FNO3Si/c1-6(14)7-5-8(12)11(17(2,3)4)9(13-16)10(7)15/h5,15H,1-4H3. The maximum atomic E-state index is 13.9. The minimum absolute atomic E-state index is 0.148. The van der Waals surface area contributed by atoms with E-state index in [1.54, 1.807) is 0 Å². The number of phenols is 1. The van der Waals surface area contributed by atoms with Crippen LogP contribution >= 0.6 is 0 Å². The van der Waals surface area contributed by atoms with Gasteiger partial charge in [-0.1, -0.05) is 19.6 Å². The Labute approximate surface area is 99.5 Å². The summed E-state index contributed by atoms with van der Waals surface area (Å²) < 4.78 is 13.9. The van der Waals surface area contributed by atoms with Crippen molar-refractivity contribution in [3.8, 4) is 5.75 Å². The van der Waals surface area contributed by atoms with Gasteiger partial charge in [0.25, 0.3) is 0 Å². The summed E-state index contributed by atoms with van der Waals surface area (Å²) in [6.07, 6.45) is 0. The van der Waals surface area contributed by atoms with E-state index in [0.717, 1.165) is 6.07 Å². The number of nitrogens with zero attached hydrogens (tertiary/aromatic N) is 1. The van der Waals surface area contributed by atoms with Crippen molar-refractivity contribution in [2.45, 2.75) is 26.6 Å². The molecule has 0 atom stereocenters. The number of benzene rings is 1. The molecule has 0 saturated heterocycles. The van der Waals surface area contributed by atoms with Crippen LogP contribution in [-0.2, 0) is 0 Å². The van der Waals surface area contributed by atoms with Crippen LogP contribution in [0.2, 0.25) is 19.6 Å². The zero-order valence-corrected chi connectivity index (χ0v) is 11.2. The van der Waals surface area contributed by atoms with Crippen molar-refractivity contribution >= 4 is 24.7 Å². The van der Waals surface area contributed by atoms with E-state index >= 15 is 0 Å². The van der Waals surface area contributed by atoms with Gasteiger partial charge >= 0.3 is 0 Å². The molecule has 6 heteroatoms. The van der Waals surface area contributed by atoms with Gasteiger partial charge in [0.05, 0.1) is 13.6 Å². The second-order valence-electron chi connectivity index (χ2n) is 4.88. The number of carbonyl (C=O) groups is 1. The third-order valence-electron chi connectivity index (χ3n) is 2.45. The number of nitroso groups, excluding NO2 is 1. The lowest BCUT2D eigenvalue weighted by Gasteiger charge is -2.20. The van der Waals surface area contributed by atoms with Crippen molar-refractivity contribution in [1.29, 1.82) is 0 Å². The van der Waals surface area contributed by atoms with E-state index in [4.69, 9.17) is 0 Å². The lowest BCUT2D eigenvalue weighted by Crippen LogP contribution is -2.40. The van der Waals surface area contributed by atoms with Gasteiger partial charge in [0.15, 0.2) is 17.2 Å². The third kappa shape index (κ3) is 2.41. The molecule has 1 aromatic carbocycles. The molecule has 1 N–H and O–H groups in total. The summed E-state index contributed by atoms with van der Waals surface area (Å²) in [5, 5.41) is 12.6. The van der Waals surface area contributed by atoms with Crippen LogP contribution in [0.25, 0.3) is 0 Å². The summed E-state index contributed by atoms with van der Waals surface area (Å²) >= 11 is 0. The summed E-state index contributed by atoms with van der Waals surface area (Å²) in [5.74, 6) is -1.68. The first kappa shape index (κ1) is 13.5. The quantitative estimate of drug-likeness (QED) is 0.513. The van der Waals surface area contributed by atoms with Crippen molar-refractivity contribution in [2.24, 2.45) is 5.18 Å². The van der Waals surface area contributed by atoms with E-state index in [2.05, 4.69) is 5.18 Å². The zero-order chi connectivity index (χ0) is 13.4. The van der Waals surface area contributed by atoms with Crippen LogP contribution in [0, 0.1) is 10.7 Å². The molecule has 1 aromatic rings. The molecule has 0 aliphatic carbocycles. The van der Waals surface area contributed by atoms with E-state index in [-0.39, 0.29) is 16.4 Å². The van der Waals surface area contributed by atoms with Crippen LogP contribution in [0.3, 0.4) is 0 Å². The highest BCUT2D eigenvalue weighted by Gasteiger charge is 2.30. The SMILES string of the molecule is CC(=O)c1cc(F)c([Si](C)(C)C)c(N=O)c1O. The summed E-state index contributed by atoms with van der Waals surface area (Å²) in [6.45, 7) is 6.67.